The Balaban J connectivity index is 2.22. The fourth-order valence-electron chi connectivity index (χ4n) is 2.52. The van der Waals surface area contributed by atoms with Gasteiger partial charge in [-0.05, 0) is 37.3 Å². The van der Waals surface area contributed by atoms with Gasteiger partial charge in [0.2, 0.25) is 0 Å². The van der Waals surface area contributed by atoms with Gasteiger partial charge in [-0.3, -0.25) is 0 Å². The number of aryl methyl sites for hydroxylation is 1. The van der Waals surface area contributed by atoms with Crippen LogP contribution in [0.15, 0.2) is 42.5 Å². The number of hydrogen-bond donors (Lipinski definition) is 1. The smallest absolute Gasteiger partial charge is 0.144 e. The molecule has 0 spiro atoms. The third-order valence-corrected chi connectivity index (χ3v) is 3.58. The van der Waals surface area contributed by atoms with Crippen LogP contribution in [0.3, 0.4) is 0 Å². The first-order valence-electron chi connectivity index (χ1n) is 7.01. The topological polar surface area (TPSA) is 64.3 Å². The van der Waals surface area contributed by atoms with Crippen molar-refractivity contribution in [1.82, 2.24) is 9.97 Å². The van der Waals surface area contributed by atoms with Crippen LogP contribution < -0.4 is 15.4 Å². The van der Waals surface area contributed by atoms with Gasteiger partial charge in [0, 0.05) is 18.1 Å². The van der Waals surface area contributed by atoms with Gasteiger partial charge in [0.1, 0.15) is 17.4 Å². The predicted octanol–water partition coefficient (Wildman–Crippen LogP) is 3.30. The van der Waals surface area contributed by atoms with E-state index in [0.29, 0.717) is 11.5 Å². The first-order chi connectivity index (χ1) is 10.6. The lowest BCUT2D eigenvalue weighted by molar-refractivity contribution is 0.415. The monoisotopic (exact) mass is 294 g/mol. The molecule has 0 saturated carbocycles. The second-order valence-corrected chi connectivity index (χ2v) is 5.10. The molecule has 0 aliphatic heterocycles. The molecule has 0 unspecified atom stereocenters. The van der Waals surface area contributed by atoms with Crippen molar-refractivity contribution in [3.8, 4) is 5.75 Å². The molecule has 5 heteroatoms. The summed E-state index contributed by atoms with van der Waals surface area (Å²) in [5, 5.41) is 0.916. The molecule has 1 heterocycles. The highest BCUT2D eigenvalue weighted by atomic mass is 16.5. The van der Waals surface area contributed by atoms with Crippen LogP contribution in [-0.2, 0) is 0 Å². The Morgan fingerprint density at radius 3 is 2.64 bits per heavy atom. The molecule has 3 aromatic rings. The lowest BCUT2D eigenvalue weighted by atomic mass is 10.2. The number of ether oxygens (including phenoxy) is 1. The van der Waals surface area contributed by atoms with E-state index in [4.69, 9.17) is 10.5 Å². The Kier molecular flexibility index (Phi) is 3.55. The van der Waals surface area contributed by atoms with Crippen molar-refractivity contribution < 1.29 is 4.74 Å². The Morgan fingerprint density at radius 1 is 1.09 bits per heavy atom. The molecule has 0 bridgehead atoms. The van der Waals surface area contributed by atoms with Crippen LogP contribution in [0.5, 0.6) is 5.75 Å². The number of nitrogens with two attached hydrogens (primary N) is 1. The van der Waals surface area contributed by atoms with Gasteiger partial charge in [0.15, 0.2) is 0 Å². The van der Waals surface area contributed by atoms with Gasteiger partial charge in [-0.15, -0.1) is 0 Å². The molecule has 0 atom stereocenters. The summed E-state index contributed by atoms with van der Waals surface area (Å²) in [6, 6.07) is 13.5. The maximum absolute atomic E-state index is 5.93. The molecule has 0 aliphatic carbocycles. The summed E-state index contributed by atoms with van der Waals surface area (Å²) >= 11 is 0. The van der Waals surface area contributed by atoms with Crippen molar-refractivity contribution in [3.63, 3.8) is 0 Å². The van der Waals surface area contributed by atoms with Crippen molar-refractivity contribution >= 4 is 28.1 Å². The van der Waals surface area contributed by atoms with E-state index in [1.165, 1.54) is 0 Å². The lowest BCUT2D eigenvalue weighted by Crippen LogP contribution is -2.14. The van der Waals surface area contributed by atoms with E-state index in [-0.39, 0.29) is 0 Å². The average Bonchev–Trinajstić information content (AvgIpc) is 2.53. The fraction of sp³-hybridized carbons (Fsp3) is 0.176. The first kappa shape index (κ1) is 14.1. The number of anilines is 3. The van der Waals surface area contributed by atoms with Crippen LogP contribution >= 0.6 is 0 Å². The largest absolute Gasteiger partial charge is 0.495 e. The highest BCUT2D eigenvalue weighted by Gasteiger charge is 2.15. The molecule has 0 saturated heterocycles. The molecule has 2 N–H and O–H groups in total. The number of rotatable bonds is 3. The highest BCUT2D eigenvalue weighted by Crippen LogP contribution is 2.34. The Hall–Kier alpha value is -2.82. The van der Waals surface area contributed by atoms with Crippen molar-refractivity contribution in [2.75, 3.05) is 24.8 Å². The number of aromatic nitrogens is 2. The van der Waals surface area contributed by atoms with Gasteiger partial charge in [0.25, 0.3) is 0 Å². The maximum Gasteiger partial charge on any atom is 0.144 e. The highest BCUT2D eigenvalue weighted by molar-refractivity contribution is 5.94. The molecule has 0 radical (unpaired) electrons. The van der Waals surface area contributed by atoms with Crippen LogP contribution in [0.25, 0.3) is 10.9 Å². The number of fused-ring (bicyclic) bond motifs is 1. The summed E-state index contributed by atoms with van der Waals surface area (Å²) in [5.41, 5.74) is 8.43. The van der Waals surface area contributed by atoms with Crippen LogP contribution in [0.1, 0.15) is 5.82 Å². The minimum atomic E-state index is 0.689. The minimum Gasteiger partial charge on any atom is -0.495 e. The minimum absolute atomic E-state index is 0.689. The second kappa shape index (κ2) is 5.52. The molecule has 2 aromatic carbocycles. The van der Waals surface area contributed by atoms with E-state index in [9.17, 15) is 0 Å². The molecular weight excluding hydrogens is 276 g/mol. The molecule has 5 nitrogen and oxygen atoms in total. The number of nitrogens with zero attached hydrogens (tertiary/aromatic N) is 3. The Morgan fingerprint density at radius 2 is 1.86 bits per heavy atom. The molecule has 0 aliphatic rings. The van der Waals surface area contributed by atoms with Crippen LogP contribution in [0.4, 0.5) is 17.2 Å². The zero-order valence-corrected chi connectivity index (χ0v) is 12.9. The van der Waals surface area contributed by atoms with Crippen LogP contribution in [-0.4, -0.2) is 24.1 Å². The quantitative estimate of drug-likeness (QED) is 0.751. The summed E-state index contributed by atoms with van der Waals surface area (Å²) < 4.78 is 5.44. The maximum atomic E-state index is 5.93. The van der Waals surface area contributed by atoms with Gasteiger partial charge in [-0.1, -0.05) is 12.1 Å². The van der Waals surface area contributed by atoms with Gasteiger partial charge in [-0.25, -0.2) is 9.97 Å². The summed E-state index contributed by atoms with van der Waals surface area (Å²) in [7, 11) is 3.62. The number of methoxy groups -OCH3 is 1. The fourth-order valence-corrected chi connectivity index (χ4v) is 2.52. The summed E-state index contributed by atoms with van der Waals surface area (Å²) in [5.74, 6) is 2.31. The lowest BCUT2D eigenvalue weighted by Gasteiger charge is -2.22. The third-order valence-electron chi connectivity index (χ3n) is 3.58. The molecule has 1 aromatic heterocycles. The Labute approximate surface area is 129 Å². The SMILES string of the molecule is COc1ccccc1N(C)c1nc(C)nc2ccc(N)cc12. The zero-order chi connectivity index (χ0) is 15.7. The predicted molar refractivity (Wildman–Crippen MR) is 89.7 cm³/mol. The standard InChI is InChI=1S/C17H18N4O/c1-11-19-14-9-8-12(18)10-13(14)17(20-11)21(2)15-6-4-5-7-16(15)22-3/h4-10H,18H2,1-3H3. The van der Waals surface area contributed by atoms with Gasteiger partial charge >= 0.3 is 0 Å². The van der Waals surface area contributed by atoms with E-state index in [0.717, 1.165) is 28.2 Å². The van der Waals surface area contributed by atoms with Crippen molar-refractivity contribution in [3.05, 3.63) is 48.3 Å². The molecule has 3 rings (SSSR count). The molecule has 0 fully saturated rings. The number of nitrogen functional groups attached to an aromatic ring is 1. The normalized spacial score (nSPS) is 10.7. The number of para-hydroxylation sites is 2. The number of benzene rings is 2. The van der Waals surface area contributed by atoms with Gasteiger partial charge < -0.3 is 15.4 Å². The van der Waals surface area contributed by atoms with Crippen molar-refractivity contribution in [2.45, 2.75) is 6.92 Å². The molecular formula is C17H18N4O. The van der Waals surface area contributed by atoms with Gasteiger partial charge in [-0.2, -0.15) is 0 Å². The van der Waals surface area contributed by atoms with E-state index in [2.05, 4.69) is 9.97 Å². The van der Waals surface area contributed by atoms with E-state index >= 15 is 0 Å². The van der Waals surface area contributed by atoms with Crippen molar-refractivity contribution in [1.29, 1.82) is 0 Å². The van der Waals surface area contributed by atoms with E-state index < -0.39 is 0 Å². The van der Waals surface area contributed by atoms with Crippen LogP contribution in [0, 0.1) is 6.92 Å². The summed E-state index contributed by atoms with van der Waals surface area (Å²) in [6.45, 7) is 1.88. The average molecular weight is 294 g/mol. The van der Waals surface area contributed by atoms with Gasteiger partial charge in [0.05, 0.1) is 18.3 Å². The van der Waals surface area contributed by atoms with Crippen molar-refractivity contribution in [2.24, 2.45) is 0 Å². The first-order valence-corrected chi connectivity index (χ1v) is 7.01. The molecule has 22 heavy (non-hydrogen) atoms. The van der Waals surface area contributed by atoms with Crippen LogP contribution in [0.2, 0.25) is 0 Å². The van der Waals surface area contributed by atoms with E-state index in [1.807, 2.05) is 61.3 Å². The van der Waals surface area contributed by atoms with E-state index in [1.54, 1.807) is 7.11 Å². The second-order valence-electron chi connectivity index (χ2n) is 5.10. The molecule has 112 valence electrons. The Bertz CT molecular complexity index is 832. The zero-order valence-electron chi connectivity index (χ0n) is 12.9. The molecule has 0 amide bonds. The third kappa shape index (κ3) is 2.41. The summed E-state index contributed by atoms with van der Waals surface area (Å²) in [4.78, 5) is 11.1. The summed E-state index contributed by atoms with van der Waals surface area (Å²) in [6.07, 6.45) is 0. The number of hydrogen-bond acceptors (Lipinski definition) is 5.